The molecule has 0 aromatic heterocycles. The van der Waals surface area contributed by atoms with Crippen LogP contribution in [-0.2, 0) is 4.79 Å². The van der Waals surface area contributed by atoms with Gasteiger partial charge in [-0.2, -0.15) is 0 Å². The van der Waals surface area contributed by atoms with Crippen molar-refractivity contribution in [1.29, 1.82) is 0 Å². The molecular formula is C15H27NO2. The average molecular weight is 253 g/mol. The second-order valence-corrected chi connectivity index (χ2v) is 4.47. The number of carbonyl (C=O) groups is 1. The zero-order chi connectivity index (χ0) is 13.6. The first-order valence-corrected chi connectivity index (χ1v) is 7.16. The number of hydrogen-bond donors (Lipinski definition) is 1. The first kappa shape index (κ1) is 17.0. The van der Waals surface area contributed by atoms with E-state index < -0.39 is 0 Å². The van der Waals surface area contributed by atoms with E-state index in [1.165, 1.54) is 24.2 Å². The molecule has 0 saturated heterocycles. The number of hydrogen-bond acceptors (Lipinski definition) is 2. The second-order valence-electron chi connectivity index (χ2n) is 4.47. The summed E-state index contributed by atoms with van der Waals surface area (Å²) < 4.78 is 0. The maximum absolute atomic E-state index is 11.8. The lowest BCUT2D eigenvalue weighted by molar-refractivity contribution is -0.128. The number of amides is 1. The van der Waals surface area contributed by atoms with Crippen molar-refractivity contribution in [3.05, 3.63) is 0 Å². The molecule has 0 aliphatic carbocycles. The summed E-state index contributed by atoms with van der Waals surface area (Å²) in [6, 6.07) is 2.88. The zero-order valence-corrected chi connectivity index (χ0v) is 11.9. The van der Waals surface area contributed by atoms with Crippen LogP contribution in [0.25, 0.3) is 0 Å². The van der Waals surface area contributed by atoms with Crippen molar-refractivity contribution in [2.24, 2.45) is 0 Å². The summed E-state index contributed by atoms with van der Waals surface area (Å²) in [4.78, 5) is 13.2. The molecule has 0 unspecified atom stereocenters. The lowest BCUT2D eigenvalue weighted by atomic mass is 10.2. The van der Waals surface area contributed by atoms with Gasteiger partial charge in [0.1, 0.15) is 0 Å². The minimum absolute atomic E-state index is 0.0254. The Morgan fingerprint density at radius 3 is 2.44 bits per heavy atom. The fraction of sp³-hybridized carbons (Fsp3) is 0.800. The third-order valence-electron chi connectivity index (χ3n) is 2.74. The summed E-state index contributed by atoms with van der Waals surface area (Å²) in [6.45, 7) is 4.54. The molecule has 0 saturated carbocycles. The number of nitrogens with zero attached hydrogens (tertiary/aromatic N) is 1. The first-order valence-electron chi connectivity index (χ1n) is 7.16. The molecule has 0 aromatic carbocycles. The van der Waals surface area contributed by atoms with Crippen molar-refractivity contribution in [2.45, 2.75) is 65.2 Å². The summed E-state index contributed by atoms with van der Waals surface area (Å²) >= 11 is 0. The fourth-order valence-electron chi connectivity index (χ4n) is 1.60. The highest BCUT2D eigenvalue weighted by molar-refractivity contribution is 5.78. The molecule has 0 aromatic rings. The average Bonchev–Trinajstić information content (AvgIpc) is 2.38. The number of carbonyl (C=O) groups excluding carboxylic acids is 1. The molecule has 0 radical (unpaired) electrons. The van der Waals surface area contributed by atoms with Crippen molar-refractivity contribution in [2.75, 3.05) is 13.2 Å². The van der Waals surface area contributed by atoms with Crippen molar-refractivity contribution in [1.82, 2.24) is 4.90 Å². The van der Waals surface area contributed by atoms with E-state index in [0.717, 1.165) is 25.7 Å². The highest BCUT2D eigenvalue weighted by Crippen LogP contribution is 2.02. The van der Waals surface area contributed by atoms with Crippen LogP contribution in [0.5, 0.6) is 0 Å². The third kappa shape index (κ3) is 9.07. The highest BCUT2D eigenvalue weighted by Gasteiger charge is 2.09. The molecule has 0 atom stereocenters. The van der Waals surface area contributed by atoms with Crippen LogP contribution in [0.4, 0.5) is 0 Å². The Kier molecular flexibility index (Phi) is 11.7. The van der Waals surface area contributed by atoms with Gasteiger partial charge in [0, 0.05) is 18.9 Å². The predicted molar refractivity (Wildman–Crippen MR) is 74.9 cm³/mol. The lowest BCUT2D eigenvalue weighted by Crippen LogP contribution is -2.28. The Hall–Kier alpha value is -1.01. The molecule has 0 spiro atoms. The van der Waals surface area contributed by atoms with Crippen LogP contribution in [0.2, 0.25) is 0 Å². The molecule has 3 heteroatoms. The van der Waals surface area contributed by atoms with Crippen LogP contribution in [0, 0.1) is 12.0 Å². The van der Waals surface area contributed by atoms with Gasteiger partial charge in [-0.25, -0.2) is 0 Å². The quantitative estimate of drug-likeness (QED) is 0.390. The molecule has 1 N–H and O–H groups in total. The van der Waals surface area contributed by atoms with Crippen LogP contribution in [0.3, 0.4) is 0 Å². The summed E-state index contributed by atoms with van der Waals surface area (Å²) in [6.07, 6.45) is 8.02. The lowest BCUT2D eigenvalue weighted by Gasteiger charge is -2.13. The van der Waals surface area contributed by atoms with E-state index in [9.17, 15) is 4.79 Å². The molecule has 0 rings (SSSR count). The minimum Gasteiger partial charge on any atom is -0.394 e. The topological polar surface area (TPSA) is 40.5 Å². The number of aliphatic hydroxyl groups excluding tert-OH is 1. The second kappa shape index (κ2) is 12.4. The van der Waals surface area contributed by atoms with Gasteiger partial charge in [0.2, 0.25) is 5.91 Å². The molecule has 0 aliphatic heterocycles. The molecule has 3 nitrogen and oxygen atoms in total. The SMILES string of the molecule is CCCCCCC#CN(CCO)C(=O)CCCC. The molecule has 18 heavy (non-hydrogen) atoms. The molecule has 0 bridgehead atoms. The van der Waals surface area contributed by atoms with E-state index in [0.29, 0.717) is 13.0 Å². The van der Waals surface area contributed by atoms with Crippen molar-refractivity contribution in [3.8, 4) is 12.0 Å². The van der Waals surface area contributed by atoms with E-state index in [4.69, 9.17) is 5.11 Å². The summed E-state index contributed by atoms with van der Waals surface area (Å²) in [7, 11) is 0. The van der Waals surface area contributed by atoms with Gasteiger partial charge in [-0.05, 0) is 12.8 Å². The van der Waals surface area contributed by atoms with Gasteiger partial charge in [-0.15, -0.1) is 0 Å². The Labute approximate surface area is 112 Å². The van der Waals surface area contributed by atoms with Crippen LogP contribution >= 0.6 is 0 Å². The summed E-state index contributed by atoms with van der Waals surface area (Å²) in [5.41, 5.74) is 0. The Morgan fingerprint density at radius 2 is 1.83 bits per heavy atom. The predicted octanol–water partition coefficient (Wildman–Crippen LogP) is 2.93. The van der Waals surface area contributed by atoms with Crippen LogP contribution < -0.4 is 0 Å². The van der Waals surface area contributed by atoms with Crippen molar-refractivity contribution < 1.29 is 9.90 Å². The number of unbranched alkanes of at least 4 members (excludes halogenated alkanes) is 5. The van der Waals surface area contributed by atoms with Gasteiger partial charge in [0.05, 0.1) is 13.2 Å². The molecule has 0 heterocycles. The van der Waals surface area contributed by atoms with Crippen LogP contribution in [0.1, 0.15) is 65.2 Å². The maximum atomic E-state index is 11.8. The smallest absolute Gasteiger partial charge is 0.234 e. The first-order chi connectivity index (χ1) is 8.76. The number of aliphatic hydroxyl groups is 1. The molecule has 1 amide bonds. The largest absolute Gasteiger partial charge is 0.394 e. The van der Waals surface area contributed by atoms with E-state index in [-0.39, 0.29) is 12.5 Å². The van der Waals surface area contributed by atoms with Crippen LogP contribution in [-0.4, -0.2) is 29.1 Å². The van der Waals surface area contributed by atoms with E-state index in [1.807, 2.05) is 0 Å². The summed E-state index contributed by atoms with van der Waals surface area (Å²) in [5, 5.41) is 8.92. The van der Waals surface area contributed by atoms with Gasteiger partial charge in [0.25, 0.3) is 0 Å². The third-order valence-corrected chi connectivity index (χ3v) is 2.74. The molecule has 104 valence electrons. The normalized spacial score (nSPS) is 9.72. The Balaban J connectivity index is 4.01. The standard InChI is InChI=1S/C15H27NO2/c1-3-5-7-8-9-10-12-16(13-14-17)15(18)11-6-4-2/h17H,3-9,11,13-14H2,1-2H3. The zero-order valence-electron chi connectivity index (χ0n) is 11.9. The van der Waals surface area contributed by atoms with Crippen molar-refractivity contribution in [3.63, 3.8) is 0 Å². The van der Waals surface area contributed by atoms with Gasteiger partial charge < -0.3 is 5.11 Å². The number of rotatable bonds is 9. The van der Waals surface area contributed by atoms with Gasteiger partial charge in [0.15, 0.2) is 0 Å². The Bertz CT molecular complexity index is 265. The molecule has 0 fully saturated rings. The maximum Gasteiger partial charge on any atom is 0.234 e. The molecular weight excluding hydrogens is 226 g/mol. The van der Waals surface area contributed by atoms with Crippen LogP contribution in [0.15, 0.2) is 0 Å². The van der Waals surface area contributed by atoms with E-state index in [2.05, 4.69) is 25.8 Å². The monoisotopic (exact) mass is 253 g/mol. The van der Waals surface area contributed by atoms with Gasteiger partial charge >= 0.3 is 0 Å². The fourth-order valence-corrected chi connectivity index (χ4v) is 1.60. The van der Waals surface area contributed by atoms with Gasteiger partial charge in [-0.3, -0.25) is 9.69 Å². The molecule has 0 aliphatic rings. The van der Waals surface area contributed by atoms with E-state index >= 15 is 0 Å². The summed E-state index contributed by atoms with van der Waals surface area (Å²) in [5.74, 6) is 3.06. The van der Waals surface area contributed by atoms with Crippen molar-refractivity contribution >= 4 is 5.91 Å². The highest BCUT2D eigenvalue weighted by atomic mass is 16.3. The Morgan fingerprint density at radius 1 is 1.11 bits per heavy atom. The van der Waals surface area contributed by atoms with Gasteiger partial charge in [-0.1, -0.05) is 45.5 Å². The minimum atomic E-state index is -0.0254. The van der Waals surface area contributed by atoms with E-state index in [1.54, 1.807) is 0 Å².